The lowest BCUT2D eigenvalue weighted by Crippen LogP contribution is -2.35. The Bertz CT molecular complexity index is 877. The summed E-state index contributed by atoms with van der Waals surface area (Å²) in [6, 6.07) is 22.7. The molecule has 1 unspecified atom stereocenters. The summed E-state index contributed by atoms with van der Waals surface area (Å²) in [7, 11) is 0. The van der Waals surface area contributed by atoms with E-state index in [0.29, 0.717) is 13.1 Å². The zero-order valence-electron chi connectivity index (χ0n) is 15.9. The number of hydrogen-bond acceptors (Lipinski definition) is 3. The Balaban J connectivity index is 1.79. The van der Waals surface area contributed by atoms with Crippen molar-refractivity contribution >= 4 is 11.8 Å². The van der Waals surface area contributed by atoms with Gasteiger partial charge in [-0.15, -0.1) is 0 Å². The fourth-order valence-corrected chi connectivity index (χ4v) is 3.11. The van der Waals surface area contributed by atoms with E-state index >= 15 is 0 Å². The zero-order chi connectivity index (χ0) is 19.8. The molecule has 0 radical (unpaired) electrons. The van der Waals surface area contributed by atoms with Crippen molar-refractivity contribution in [2.75, 3.05) is 0 Å². The number of benzene rings is 2. The van der Waals surface area contributed by atoms with Crippen LogP contribution in [0.5, 0.6) is 0 Å². The standard InChI is InChI=1S/C23H24N2O3/c1-18(26)24-22(20-11-6-3-7-12-20)15-23(27)25(17-21-13-8-14-28-21)16-19-9-4-2-5-10-19/h2-14,22H,15-17H2,1H3,(H,24,26). The second-order valence-corrected chi connectivity index (χ2v) is 6.68. The van der Waals surface area contributed by atoms with Gasteiger partial charge < -0.3 is 14.6 Å². The molecule has 144 valence electrons. The van der Waals surface area contributed by atoms with Gasteiger partial charge in [0.05, 0.1) is 25.3 Å². The van der Waals surface area contributed by atoms with E-state index in [1.54, 1.807) is 11.2 Å². The minimum atomic E-state index is -0.374. The third kappa shape index (κ3) is 5.58. The van der Waals surface area contributed by atoms with Crippen molar-refractivity contribution in [3.8, 4) is 0 Å². The van der Waals surface area contributed by atoms with E-state index in [1.807, 2.05) is 72.8 Å². The topological polar surface area (TPSA) is 62.6 Å². The Hall–Kier alpha value is -3.34. The van der Waals surface area contributed by atoms with Crippen LogP contribution in [0.15, 0.2) is 83.5 Å². The monoisotopic (exact) mass is 376 g/mol. The molecule has 5 heteroatoms. The van der Waals surface area contributed by atoms with Crippen molar-refractivity contribution in [2.24, 2.45) is 0 Å². The smallest absolute Gasteiger partial charge is 0.225 e. The summed E-state index contributed by atoms with van der Waals surface area (Å²) in [5.74, 6) is 0.505. The molecule has 3 aromatic rings. The Morgan fingerprint density at radius 3 is 2.21 bits per heavy atom. The van der Waals surface area contributed by atoms with Crippen molar-refractivity contribution in [2.45, 2.75) is 32.5 Å². The summed E-state index contributed by atoms with van der Waals surface area (Å²) in [5, 5.41) is 2.89. The predicted octanol–water partition coefficient (Wildman–Crippen LogP) is 4.08. The van der Waals surface area contributed by atoms with Crippen LogP contribution in [0.25, 0.3) is 0 Å². The summed E-state index contributed by atoms with van der Waals surface area (Å²) in [6.45, 7) is 2.31. The molecule has 0 aliphatic carbocycles. The molecule has 3 rings (SSSR count). The Morgan fingerprint density at radius 2 is 1.61 bits per heavy atom. The quantitative estimate of drug-likeness (QED) is 0.644. The van der Waals surface area contributed by atoms with Crippen molar-refractivity contribution in [3.63, 3.8) is 0 Å². The molecule has 2 aromatic carbocycles. The van der Waals surface area contributed by atoms with Crippen LogP contribution in [0.1, 0.15) is 36.3 Å². The highest BCUT2D eigenvalue weighted by Gasteiger charge is 2.22. The number of amides is 2. The first-order valence-electron chi connectivity index (χ1n) is 9.28. The summed E-state index contributed by atoms with van der Waals surface area (Å²) in [5.41, 5.74) is 1.95. The molecule has 0 aliphatic rings. The highest BCUT2D eigenvalue weighted by molar-refractivity contribution is 5.79. The molecular weight excluding hydrogens is 352 g/mol. The maximum atomic E-state index is 13.2. The fourth-order valence-electron chi connectivity index (χ4n) is 3.11. The molecule has 0 saturated heterocycles. The van der Waals surface area contributed by atoms with E-state index in [2.05, 4.69) is 5.32 Å². The summed E-state index contributed by atoms with van der Waals surface area (Å²) < 4.78 is 5.44. The molecule has 28 heavy (non-hydrogen) atoms. The molecule has 2 amide bonds. The lowest BCUT2D eigenvalue weighted by molar-refractivity contribution is -0.133. The van der Waals surface area contributed by atoms with Gasteiger partial charge in [0.1, 0.15) is 5.76 Å². The molecule has 1 heterocycles. The maximum absolute atomic E-state index is 13.2. The molecule has 0 spiro atoms. The number of hydrogen-bond donors (Lipinski definition) is 1. The summed E-state index contributed by atoms with van der Waals surface area (Å²) >= 11 is 0. The van der Waals surface area contributed by atoms with Crippen LogP contribution >= 0.6 is 0 Å². The van der Waals surface area contributed by atoms with Crippen LogP contribution in [0.3, 0.4) is 0 Å². The normalized spacial score (nSPS) is 11.6. The predicted molar refractivity (Wildman–Crippen MR) is 107 cm³/mol. The first-order chi connectivity index (χ1) is 13.6. The van der Waals surface area contributed by atoms with Crippen LogP contribution in [-0.4, -0.2) is 16.7 Å². The van der Waals surface area contributed by atoms with Gasteiger partial charge in [-0.2, -0.15) is 0 Å². The Kier molecular flexibility index (Phi) is 6.63. The van der Waals surface area contributed by atoms with E-state index < -0.39 is 0 Å². The number of carbonyl (C=O) groups is 2. The highest BCUT2D eigenvalue weighted by Crippen LogP contribution is 2.20. The number of nitrogens with one attached hydrogen (secondary N) is 1. The molecule has 5 nitrogen and oxygen atoms in total. The number of nitrogens with zero attached hydrogens (tertiary/aromatic N) is 1. The maximum Gasteiger partial charge on any atom is 0.225 e. The molecular formula is C23H24N2O3. The molecule has 0 aliphatic heterocycles. The second kappa shape index (κ2) is 9.55. The molecule has 1 N–H and O–H groups in total. The Labute approximate surface area is 165 Å². The van der Waals surface area contributed by atoms with Crippen molar-refractivity contribution < 1.29 is 14.0 Å². The van der Waals surface area contributed by atoms with E-state index in [0.717, 1.165) is 16.9 Å². The molecule has 0 bridgehead atoms. The summed E-state index contributed by atoms with van der Waals surface area (Å²) in [4.78, 5) is 26.6. The van der Waals surface area contributed by atoms with Crippen LogP contribution in [0.4, 0.5) is 0 Å². The van der Waals surface area contributed by atoms with Gasteiger partial charge in [0.25, 0.3) is 0 Å². The molecule has 1 atom stereocenters. The minimum Gasteiger partial charge on any atom is -0.467 e. The van der Waals surface area contributed by atoms with Crippen LogP contribution in [0, 0.1) is 0 Å². The van der Waals surface area contributed by atoms with Gasteiger partial charge in [-0.3, -0.25) is 9.59 Å². The van der Waals surface area contributed by atoms with Crippen LogP contribution in [0.2, 0.25) is 0 Å². The van der Waals surface area contributed by atoms with Gasteiger partial charge in [-0.05, 0) is 23.3 Å². The largest absolute Gasteiger partial charge is 0.467 e. The minimum absolute atomic E-state index is 0.0529. The molecule has 0 saturated carbocycles. The molecule has 0 fully saturated rings. The lowest BCUT2D eigenvalue weighted by Gasteiger charge is -2.25. The van der Waals surface area contributed by atoms with E-state index in [9.17, 15) is 9.59 Å². The third-order valence-corrected chi connectivity index (χ3v) is 4.45. The highest BCUT2D eigenvalue weighted by atomic mass is 16.3. The first-order valence-corrected chi connectivity index (χ1v) is 9.28. The van der Waals surface area contributed by atoms with Crippen molar-refractivity contribution in [1.82, 2.24) is 10.2 Å². The second-order valence-electron chi connectivity index (χ2n) is 6.68. The fraction of sp³-hybridized carbons (Fsp3) is 0.217. The van der Waals surface area contributed by atoms with E-state index in [1.165, 1.54) is 6.92 Å². The average Bonchev–Trinajstić information content (AvgIpc) is 3.21. The first kappa shape index (κ1) is 19.4. The lowest BCUT2D eigenvalue weighted by atomic mass is 10.0. The Morgan fingerprint density at radius 1 is 0.929 bits per heavy atom. The number of carbonyl (C=O) groups excluding carboxylic acids is 2. The molecule has 1 aromatic heterocycles. The van der Waals surface area contributed by atoms with Crippen LogP contribution in [-0.2, 0) is 22.7 Å². The number of rotatable bonds is 8. The van der Waals surface area contributed by atoms with Gasteiger partial charge in [-0.1, -0.05) is 60.7 Å². The van der Waals surface area contributed by atoms with Gasteiger partial charge >= 0.3 is 0 Å². The van der Waals surface area contributed by atoms with E-state index in [4.69, 9.17) is 4.42 Å². The van der Waals surface area contributed by atoms with Crippen molar-refractivity contribution in [3.05, 3.63) is 95.9 Å². The number of furan rings is 1. The third-order valence-electron chi connectivity index (χ3n) is 4.45. The average molecular weight is 376 g/mol. The van der Waals surface area contributed by atoms with Gasteiger partial charge in [-0.25, -0.2) is 0 Å². The van der Waals surface area contributed by atoms with E-state index in [-0.39, 0.29) is 24.3 Å². The zero-order valence-corrected chi connectivity index (χ0v) is 15.9. The van der Waals surface area contributed by atoms with Gasteiger partial charge in [0.15, 0.2) is 0 Å². The van der Waals surface area contributed by atoms with Gasteiger partial charge in [0, 0.05) is 13.5 Å². The SMILES string of the molecule is CC(=O)NC(CC(=O)N(Cc1ccccc1)Cc1ccco1)c1ccccc1. The van der Waals surface area contributed by atoms with Gasteiger partial charge in [0.2, 0.25) is 11.8 Å². The van der Waals surface area contributed by atoms with Crippen molar-refractivity contribution in [1.29, 1.82) is 0 Å². The van der Waals surface area contributed by atoms with Crippen LogP contribution < -0.4 is 5.32 Å². The summed E-state index contributed by atoms with van der Waals surface area (Å²) in [6.07, 6.45) is 1.78.